The summed E-state index contributed by atoms with van der Waals surface area (Å²) in [7, 11) is 0. The van der Waals surface area contributed by atoms with Crippen LogP contribution in [0.2, 0.25) is 0 Å². The largest absolute Gasteiger partial charge is 0.364 e. The number of para-hydroxylation sites is 1. The Kier molecular flexibility index (Phi) is 3.96. The first-order chi connectivity index (χ1) is 10.2. The minimum atomic E-state index is 0.584. The zero-order chi connectivity index (χ0) is 14.7. The number of rotatable bonds is 4. The van der Waals surface area contributed by atoms with Gasteiger partial charge in [0.25, 0.3) is 0 Å². The molecular formula is C15H14BrN5. The fourth-order valence-electron chi connectivity index (χ4n) is 1.90. The van der Waals surface area contributed by atoms with E-state index in [1.807, 2.05) is 49.5 Å². The molecule has 6 heteroatoms. The molecule has 0 saturated carbocycles. The number of anilines is 1. The van der Waals surface area contributed by atoms with Crippen LogP contribution in [0.25, 0.3) is 5.69 Å². The molecule has 106 valence electrons. The summed E-state index contributed by atoms with van der Waals surface area (Å²) in [5, 5.41) is 11.5. The minimum absolute atomic E-state index is 0.584. The minimum Gasteiger partial charge on any atom is -0.364 e. The molecule has 0 atom stereocenters. The Morgan fingerprint density at radius 2 is 2.05 bits per heavy atom. The van der Waals surface area contributed by atoms with Gasteiger partial charge in [-0.1, -0.05) is 23.4 Å². The summed E-state index contributed by atoms with van der Waals surface area (Å²) in [6.45, 7) is 2.61. The molecule has 0 aliphatic rings. The Bertz CT molecular complexity index is 739. The molecule has 0 amide bonds. The van der Waals surface area contributed by atoms with Crippen molar-refractivity contribution in [1.29, 1.82) is 0 Å². The monoisotopic (exact) mass is 343 g/mol. The molecule has 0 aliphatic carbocycles. The van der Waals surface area contributed by atoms with E-state index in [0.717, 1.165) is 27.2 Å². The number of hydrogen-bond donors (Lipinski definition) is 1. The van der Waals surface area contributed by atoms with Crippen molar-refractivity contribution in [2.24, 2.45) is 0 Å². The maximum absolute atomic E-state index is 4.31. The van der Waals surface area contributed by atoms with Crippen molar-refractivity contribution < 1.29 is 0 Å². The quantitative estimate of drug-likeness (QED) is 0.789. The number of aromatic nitrogens is 4. The first-order valence-electron chi connectivity index (χ1n) is 6.55. The fraction of sp³-hybridized carbons (Fsp3) is 0.133. The van der Waals surface area contributed by atoms with Crippen LogP contribution in [0.5, 0.6) is 0 Å². The van der Waals surface area contributed by atoms with Crippen molar-refractivity contribution in [2.45, 2.75) is 13.5 Å². The van der Waals surface area contributed by atoms with Gasteiger partial charge >= 0.3 is 0 Å². The van der Waals surface area contributed by atoms with E-state index < -0.39 is 0 Å². The third kappa shape index (κ3) is 3.28. The summed E-state index contributed by atoms with van der Waals surface area (Å²) in [6, 6.07) is 11.9. The lowest BCUT2D eigenvalue weighted by atomic mass is 10.3. The van der Waals surface area contributed by atoms with Gasteiger partial charge in [0.05, 0.1) is 18.4 Å². The van der Waals surface area contributed by atoms with Gasteiger partial charge in [0.2, 0.25) is 0 Å². The molecule has 0 fully saturated rings. The summed E-state index contributed by atoms with van der Waals surface area (Å²) in [6.07, 6.45) is 3.70. The molecule has 0 unspecified atom stereocenters. The van der Waals surface area contributed by atoms with Crippen LogP contribution in [0.3, 0.4) is 0 Å². The van der Waals surface area contributed by atoms with E-state index in [1.165, 1.54) is 0 Å². The second kappa shape index (κ2) is 6.05. The van der Waals surface area contributed by atoms with Crippen molar-refractivity contribution in [1.82, 2.24) is 20.0 Å². The Hall–Kier alpha value is -2.21. The highest BCUT2D eigenvalue weighted by molar-refractivity contribution is 9.10. The second-order valence-corrected chi connectivity index (χ2v) is 5.52. The highest BCUT2D eigenvalue weighted by Crippen LogP contribution is 2.17. The predicted octanol–water partition coefficient (Wildman–Crippen LogP) is 3.35. The molecule has 0 spiro atoms. The molecule has 3 aromatic rings. The number of pyridine rings is 1. The average molecular weight is 344 g/mol. The lowest BCUT2D eigenvalue weighted by Gasteiger charge is -2.05. The van der Waals surface area contributed by atoms with E-state index in [1.54, 1.807) is 10.9 Å². The Balaban J connectivity index is 1.69. The average Bonchev–Trinajstić information content (AvgIpc) is 2.98. The van der Waals surface area contributed by atoms with Gasteiger partial charge in [-0.15, -0.1) is 5.10 Å². The molecule has 1 N–H and O–H groups in total. The van der Waals surface area contributed by atoms with Gasteiger partial charge in [0.1, 0.15) is 11.5 Å². The van der Waals surface area contributed by atoms with Gasteiger partial charge < -0.3 is 5.32 Å². The van der Waals surface area contributed by atoms with Crippen LogP contribution >= 0.6 is 15.9 Å². The molecule has 2 heterocycles. The third-order valence-corrected chi connectivity index (χ3v) is 3.89. The summed E-state index contributed by atoms with van der Waals surface area (Å²) in [5.74, 6) is 0.824. The van der Waals surface area contributed by atoms with Crippen molar-refractivity contribution in [3.05, 3.63) is 64.5 Å². The van der Waals surface area contributed by atoms with Crippen molar-refractivity contribution >= 4 is 21.7 Å². The van der Waals surface area contributed by atoms with E-state index in [9.17, 15) is 0 Å². The molecule has 5 nitrogen and oxygen atoms in total. The Labute approximate surface area is 131 Å². The number of benzene rings is 1. The van der Waals surface area contributed by atoms with E-state index in [4.69, 9.17) is 0 Å². The predicted molar refractivity (Wildman–Crippen MR) is 85.4 cm³/mol. The number of halogens is 1. The lowest BCUT2D eigenvalue weighted by molar-refractivity contribution is 0.798. The fourth-order valence-corrected chi connectivity index (χ4v) is 2.12. The Morgan fingerprint density at radius 3 is 2.81 bits per heavy atom. The lowest BCUT2D eigenvalue weighted by Crippen LogP contribution is -2.02. The molecule has 21 heavy (non-hydrogen) atoms. The normalized spacial score (nSPS) is 10.6. The molecule has 0 saturated heterocycles. The zero-order valence-corrected chi connectivity index (χ0v) is 13.1. The van der Waals surface area contributed by atoms with Crippen LogP contribution in [-0.4, -0.2) is 20.0 Å². The number of aryl methyl sites for hydroxylation is 1. The van der Waals surface area contributed by atoms with Gasteiger partial charge in [-0.05, 0) is 46.6 Å². The molecule has 0 aliphatic heterocycles. The molecule has 0 radical (unpaired) electrons. The van der Waals surface area contributed by atoms with Gasteiger partial charge in [-0.25, -0.2) is 9.67 Å². The topological polar surface area (TPSA) is 55.6 Å². The summed E-state index contributed by atoms with van der Waals surface area (Å²) >= 11 is 3.44. The number of nitrogens with zero attached hydrogens (tertiary/aromatic N) is 4. The maximum Gasteiger partial charge on any atom is 0.126 e. The maximum atomic E-state index is 4.31. The first-order valence-corrected chi connectivity index (χ1v) is 7.34. The molecule has 2 aromatic heterocycles. The van der Waals surface area contributed by atoms with Crippen LogP contribution in [0.1, 0.15) is 11.3 Å². The highest BCUT2D eigenvalue weighted by Gasteiger charge is 2.03. The zero-order valence-electron chi connectivity index (χ0n) is 11.5. The molecular weight excluding hydrogens is 330 g/mol. The summed E-state index contributed by atoms with van der Waals surface area (Å²) in [5.41, 5.74) is 3.00. The van der Waals surface area contributed by atoms with Gasteiger partial charge in [0.15, 0.2) is 0 Å². The molecule has 1 aromatic carbocycles. The van der Waals surface area contributed by atoms with E-state index in [2.05, 4.69) is 36.5 Å². The highest BCUT2D eigenvalue weighted by atomic mass is 79.9. The van der Waals surface area contributed by atoms with Crippen LogP contribution in [-0.2, 0) is 6.54 Å². The van der Waals surface area contributed by atoms with E-state index in [-0.39, 0.29) is 0 Å². The standard InChI is InChI=1S/C15H14BrN5/c1-11-7-15(18-9-14(11)16)17-8-12-10-21(20-19-12)13-5-3-2-4-6-13/h2-7,9-10H,8H2,1H3,(H,17,18). The van der Waals surface area contributed by atoms with E-state index >= 15 is 0 Å². The van der Waals surface area contributed by atoms with Crippen molar-refractivity contribution in [3.63, 3.8) is 0 Å². The van der Waals surface area contributed by atoms with Crippen molar-refractivity contribution in [3.8, 4) is 5.69 Å². The molecule has 0 bridgehead atoms. The number of nitrogens with one attached hydrogen (secondary N) is 1. The van der Waals surface area contributed by atoms with Gasteiger partial charge in [0, 0.05) is 10.7 Å². The van der Waals surface area contributed by atoms with E-state index in [0.29, 0.717) is 6.54 Å². The van der Waals surface area contributed by atoms with Crippen molar-refractivity contribution in [2.75, 3.05) is 5.32 Å². The SMILES string of the molecule is Cc1cc(NCc2cn(-c3ccccc3)nn2)ncc1Br. The van der Waals surface area contributed by atoms with Crippen LogP contribution in [0.4, 0.5) is 5.82 Å². The van der Waals surface area contributed by atoms with Gasteiger partial charge in [-0.2, -0.15) is 0 Å². The third-order valence-electron chi connectivity index (χ3n) is 3.06. The molecule has 3 rings (SSSR count). The smallest absolute Gasteiger partial charge is 0.126 e. The van der Waals surface area contributed by atoms with Crippen LogP contribution < -0.4 is 5.32 Å². The number of hydrogen-bond acceptors (Lipinski definition) is 4. The summed E-state index contributed by atoms with van der Waals surface area (Å²) in [4.78, 5) is 4.31. The van der Waals surface area contributed by atoms with Crippen LogP contribution in [0.15, 0.2) is 53.3 Å². The van der Waals surface area contributed by atoms with Gasteiger partial charge in [-0.3, -0.25) is 0 Å². The van der Waals surface area contributed by atoms with Crippen LogP contribution in [0, 0.1) is 6.92 Å². The second-order valence-electron chi connectivity index (χ2n) is 4.66. The first kappa shape index (κ1) is 13.8. The Morgan fingerprint density at radius 1 is 1.24 bits per heavy atom. The summed E-state index contributed by atoms with van der Waals surface area (Å²) < 4.78 is 2.76.